The van der Waals surface area contributed by atoms with E-state index in [-0.39, 0.29) is 11.7 Å². The smallest absolute Gasteiger partial charge is 0.337 e. The van der Waals surface area contributed by atoms with Gasteiger partial charge in [0.05, 0.1) is 32.6 Å². The van der Waals surface area contributed by atoms with E-state index >= 15 is 0 Å². The molecule has 11 heteroatoms. The number of aromatic nitrogens is 3. The summed E-state index contributed by atoms with van der Waals surface area (Å²) < 4.78 is 16.5. The van der Waals surface area contributed by atoms with Crippen LogP contribution in [0.1, 0.15) is 10.4 Å². The van der Waals surface area contributed by atoms with Gasteiger partial charge in [-0.1, -0.05) is 11.8 Å². The molecule has 0 aliphatic carbocycles. The maximum Gasteiger partial charge on any atom is 0.337 e. The average Bonchev–Trinajstić information content (AvgIpc) is 3.17. The van der Waals surface area contributed by atoms with Crippen molar-refractivity contribution in [3.05, 3.63) is 48.0 Å². The molecule has 1 amide bonds. The molecule has 0 atom stereocenters. The van der Waals surface area contributed by atoms with E-state index in [0.717, 1.165) is 11.8 Å². The van der Waals surface area contributed by atoms with Crippen molar-refractivity contribution in [1.29, 1.82) is 0 Å². The van der Waals surface area contributed by atoms with Crippen LogP contribution in [0, 0.1) is 0 Å². The van der Waals surface area contributed by atoms with Crippen LogP contribution < -0.4 is 20.6 Å². The quantitative estimate of drug-likeness (QED) is 0.305. The molecule has 0 radical (unpaired) electrons. The first kappa shape index (κ1) is 22.0. The number of ether oxygens (including phenoxy) is 3. The molecular formula is C20H21N5O5S. The number of rotatable bonds is 8. The summed E-state index contributed by atoms with van der Waals surface area (Å²) in [6, 6.07) is 11.7. The van der Waals surface area contributed by atoms with Crippen molar-refractivity contribution in [2.75, 3.05) is 38.2 Å². The predicted molar refractivity (Wildman–Crippen MR) is 116 cm³/mol. The van der Waals surface area contributed by atoms with Crippen molar-refractivity contribution < 1.29 is 23.8 Å². The molecule has 162 valence electrons. The number of methoxy groups -OCH3 is 3. The number of nitrogens with two attached hydrogens (primary N) is 1. The number of nitrogen functional groups attached to an aromatic ring is 1. The second-order valence-electron chi connectivity index (χ2n) is 6.15. The molecule has 10 nitrogen and oxygen atoms in total. The summed E-state index contributed by atoms with van der Waals surface area (Å²) in [5, 5.41) is 11.3. The van der Waals surface area contributed by atoms with Gasteiger partial charge >= 0.3 is 5.97 Å². The molecule has 3 aromatic rings. The maximum absolute atomic E-state index is 12.3. The van der Waals surface area contributed by atoms with Gasteiger partial charge in [0, 0.05) is 11.3 Å². The number of thioether (sulfide) groups is 1. The minimum absolute atomic E-state index is 0.0695. The van der Waals surface area contributed by atoms with Gasteiger partial charge in [0.1, 0.15) is 0 Å². The molecule has 2 aromatic carbocycles. The summed E-state index contributed by atoms with van der Waals surface area (Å²) in [6.45, 7) is 0. The zero-order valence-corrected chi connectivity index (χ0v) is 17.9. The number of esters is 1. The molecular weight excluding hydrogens is 422 g/mol. The van der Waals surface area contributed by atoms with Crippen LogP contribution in [0.5, 0.6) is 11.5 Å². The Hall–Kier alpha value is -3.73. The van der Waals surface area contributed by atoms with E-state index in [1.165, 1.54) is 18.9 Å². The van der Waals surface area contributed by atoms with Gasteiger partial charge in [-0.2, -0.15) is 0 Å². The van der Waals surface area contributed by atoms with Gasteiger partial charge in [0.25, 0.3) is 0 Å². The Labute approximate surface area is 182 Å². The molecule has 0 unspecified atom stereocenters. The fraction of sp³-hybridized carbons (Fsp3) is 0.200. The number of anilines is 1. The number of hydrogen-bond acceptors (Lipinski definition) is 9. The number of hydrogen-bond donors (Lipinski definition) is 2. The third kappa shape index (κ3) is 5.07. The minimum Gasteiger partial charge on any atom is -0.493 e. The Morgan fingerprint density at radius 3 is 2.39 bits per heavy atom. The zero-order valence-electron chi connectivity index (χ0n) is 17.1. The van der Waals surface area contributed by atoms with Gasteiger partial charge in [0.2, 0.25) is 11.1 Å². The van der Waals surface area contributed by atoms with Gasteiger partial charge in [-0.05, 0) is 42.5 Å². The first-order valence-corrected chi connectivity index (χ1v) is 9.99. The highest BCUT2D eigenvalue weighted by atomic mass is 32.2. The Bertz CT molecular complexity index is 1080. The lowest BCUT2D eigenvalue weighted by molar-refractivity contribution is -0.113. The fourth-order valence-corrected chi connectivity index (χ4v) is 3.34. The standard InChI is InChI=1S/C20H21N5O5S/c1-28-15-9-6-13(10-16(15)29-2)18-23-24-20(25(18)21)31-11-17(26)22-14-7-4-12(5-8-14)19(27)30-3/h4-10H,11,21H2,1-3H3,(H,22,26). The number of carbonyl (C=O) groups is 2. The average molecular weight is 443 g/mol. The topological polar surface area (TPSA) is 131 Å². The normalized spacial score (nSPS) is 10.4. The number of amides is 1. The maximum atomic E-state index is 12.3. The van der Waals surface area contributed by atoms with Crippen molar-refractivity contribution >= 4 is 29.3 Å². The highest BCUT2D eigenvalue weighted by Crippen LogP contribution is 2.32. The van der Waals surface area contributed by atoms with Crippen LogP contribution in [0.15, 0.2) is 47.6 Å². The molecule has 1 aromatic heterocycles. The van der Waals surface area contributed by atoms with E-state index in [0.29, 0.717) is 39.3 Å². The third-order valence-corrected chi connectivity index (χ3v) is 5.17. The molecule has 0 fully saturated rings. The Morgan fingerprint density at radius 2 is 1.74 bits per heavy atom. The molecule has 31 heavy (non-hydrogen) atoms. The minimum atomic E-state index is -0.444. The molecule has 0 saturated carbocycles. The van der Waals surface area contributed by atoms with Gasteiger partial charge in [0.15, 0.2) is 17.3 Å². The summed E-state index contributed by atoms with van der Waals surface area (Å²) in [7, 11) is 4.40. The SMILES string of the molecule is COC(=O)c1ccc(NC(=O)CSc2nnc(-c3ccc(OC)c(OC)c3)n2N)cc1. The highest BCUT2D eigenvalue weighted by Gasteiger charge is 2.16. The van der Waals surface area contributed by atoms with Gasteiger partial charge in [-0.25, -0.2) is 9.47 Å². The number of carbonyl (C=O) groups excluding carboxylic acids is 2. The largest absolute Gasteiger partial charge is 0.493 e. The van der Waals surface area contributed by atoms with Gasteiger partial charge in [-0.15, -0.1) is 10.2 Å². The second-order valence-corrected chi connectivity index (χ2v) is 7.09. The first-order valence-electron chi connectivity index (χ1n) is 9.00. The Morgan fingerprint density at radius 1 is 1.03 bits per heavy atom. The molecule has 0 aliphatic rings. The van der Waals surface area contributed by atoms with Crippen molar-refractivity contribution in [3.63, 3.8) is 0 Å². The van der Waals surface area contributed by atoms with E-state index in [2.05, 4.69) is 20.3 Å². The molecule has 0 aliphatic heterocycles. The lowest BCUT2D eigenvalue weighted by atomic mass is 10.2. The van der Waals surface area contributed by atoms with Crippen molar-refractivity contribution in [1.82, 2.24) is 14.9 Å². The van der Waals surface area contributed by atoms with E-state index < -0.39 is 5.97 Å². The highest BCUT2D eigenvalue weighted by molar-refractivity contribution is 7.99. The Kier molecular flexibility index (Phi) is 6.98. The van der Waals surface area contributed by atoms with Crippen molar-refractivity contribution in [2.45, 2.75) is 5.16 Å². The molecule has 0 saturated heterocycles. The first-order chi connectivity index (χ1) is 15.0. The number of benzene rings is 2. The summed E-state index contributed by atoms with van der Waals surface area (Å²) in [6.07, 6.45) is 0. The lowest BCUT2D eigenvalue weighted by Gasteiger charge is -2.09. The molecule has 1 heterocycles. The van der Waals surface area contributed by atoms with Crippen LogP contribution in [0.4, 0.5) is 5.69 Å². The van der Waals surface area contributed by atoms with Crippen LogP contribution in [0.3, 0.4) is 0 Å². The monoisotopic (exact) mass is 443 g/mol. The lowest BCUT2D eigenvalue weighted by Crippen LogP contribution is -2.16. The van der Waals surface area contributed by atoms with Crippen LogP contribution in [0.25, 0.3) is 11.4 Å². The van der Waals surface area contributed by atoms with Gasteiger partial charge < -0.3 is 25.4 Å². The van der Waals surface area contributed by atoms with E-state index in [1.54, 1.807) is 49.6 Å². The summed E-state index contributed by atoms with van der Waals surface area (Å²) in [5.41, 5.74) is 1.64. The molecule has 0 spiro atoms. The fourth-order valence-electron chi connectivity index (χ4n) is 2.68. The zero-order chi connectivity index (χ0) is 22.4. The van der Waals surface area contributed by atoms with Crippen molar-refractivity contribution in [2.24, 2.45) is 0 Å². The Balaban J connectivity index is 1.63. The summed E-state index contributed by atoms with van der Waals surface area (Å²) in [4.78, 5) is 23.7. The molecule has 3 N–H and O–H groups in total. The van der Waals surface area contributed by atoms with Crippen LogP contribution in [-0.2, 0) is 9.53 Å². The molecule has 0 bridgehead atoms. The van der Waals surface area contributed by atoms with Crippen LogP contribution in [0.2, 0.25) is 0 Å². The van der Waals surface area contributed by atoms with E-state index in [4.69, 9.17) is 15.3 Å². The number of nitrogens with zero attached hydrogens (tertiary/aromatic N) is 3. The van der Waals surface area contributed by atoms with Crippen LogP contribution >= 0.6 is 11.8 Å². The molecule has 3 rings (SSSR count). The van der Waals surface area contributed by atoms with Gasteiger partial charge in [-0.3, -0.25) is 4.79 Å². The van der Waals surface area contributed by atoms with E-state index in [9.17, 15) is 9.59 Å². The third-order valence-electron chi connectivity index (χ3n) is 4.23. The van der Waals surface area contributed by atoms with Crippen molar-refractivity contribution in [3.8, 4) is 22.9 Å². The predicted octanol–water partition coefficient (Wildman–Crippen LogP) is 2.19. The van der Waals surface area contributed by atoms with Crippen LogP contribution in [-0.4, -0.2) is 53.8 Å². The number of nitrogens with one attached hydrogen (secondary N) is 1. The van der Waals surface area contributed by atoms with E-state index in [1.807, 2.05) is 0 Å². The second kappa shape index (κ2) is 9.85. The summed E-state index contributed by atoms with van der Waals surface area (Å²) >= 11 is 1.14. The summed E-state index contributed by atoms with van der Waals surface area (Å²) in [5.74, 6) is 7.02.